The number of aromatic nitrogens is 2. The van der Waals surface area contributed by atoms with Crippen molar-refractivity contribution in [2.45, 2.75) is 6.42 Å². The van der Waals surface area contributed by atoms with E-state index in [0.717, 1.165) is 89.5 Å². The molecule has 2 N–H and O–H groups in total. The fraction of sp³-hybridized carbons (Fsp3) is 0.522. The first-order valence-corrected chi connectivity index (χ1v) is 11.5. The number of para-hydroxylation sites is 2. The average molecular weight is 439 g/mol. The van der Waals surface area contributed by atoms with Gasteiger partial charge < -0.3 is 25.1 Å². The Morgan fingerprint density at radius 2 is 1.62 bits per heavy atom. The number of nitrogens with one attached hydrogen (secondary N) is 1. The molecule has 1 aromatic carbocycles. The largest absolute Gasteiger partial charge is 0.506 e. The van der Waals surface area contributed by atoms with Gasteiger partial charge in [0.05, 0.1) is 5.69 Å². The smallest absolute Gasteiger partial charge is 0.225 e. The molecule has 0 amide bonds. The number of phenolic OH excluding ortho intramolecular Hbond substituents is 1. The van der Waals surface area contributed by atoms with Crippen LogP contribution in [-0.4, -0.2) is 103 Å². The van der Waals surface area contributed by atoms with Crippen molar-refractivity contribution >= 4 is 17.6 Å². The lowest BCUT2D eigenvalue weighted by Gasteiger charge is -2.38. The highest BCUT2D eigenvalue weighted by molar-refractivity contribution is 5.80. The van der Waals surface area contributed by atoms with E-state index in [1.54, 1.807) is 18.5 Å². The molecule has 2 aliphatic rings. The first-order chi connectivity index (χ1) is 15.7. The van der Waals surface area contributed by atoms with E-state index >= 15 is 0 Å². The number of benzene rings is 1. The number of anilines is 2. The van der Waals surface area contributed by atoms with Crippen LogP contribution in [0.1, 0.15) is 6.42 Å². The number of phenols is 1. The van der Waals surface area contributed by atoms with E-state index in [4.69, 9.17) is 0 Å². The second-order valence-electron chi connectivity index (χ2n) is 8.17. The summed E-state index contributed by atoms with van der Waals surface area (Å²) in [4.78, 5) is 22.5. The summed E-state index contributed by atoms with van der Waals surface area (Å²) in [6.45, 7) is 9.53. The van der Waals surface area contributed by atoms with E-state index in [1.807, 2.05) is 31.3 Å². The minimum Gasteiger partial charge on any atom is -0.506 e. The average Bonchev–Trinajstić information content (AvgIpc) is 2.86. The molecule has 0 bridgehead atoms. The Labute approximate surface area is 190 Å². The van der Waals surface area contributed by atoms with Crippen LogP contribution in [0.4, 0.5) is 11.6 Å². The minimum absolute atomic E-state index is 0.348. The Kier molecular flexibility index (Phi) is 7.60. The first-order valence-electron chi connectivity index (χ1n) is 11.5. The summed E-state index contributed by atoms with van der Waals surface area (Å²) >= 11 is 0. The number of nitrogens with zero attached hydrogens (tertiary/aromatic N) is 7. The number of hydrogen-bond donors (Lipinski definition) is 2. The maximum absolute atomic E-state index is 10.1. The molecular formula is C23H34N8O. The van der Waals surface area contributed by atoms with Crippen LogP contribution in [0.5, 0.6) is 5.75 Å². The Morgan fingerprint density at radius 3 is 2.31 bits per heavy atom. The second kappa shape index (κ2) is 11.0. The maximum atomic E-state index is 10.1. The molecular weight excluding hydrogens is 404 g/mol. The van der Waals surface area contributed by atoms with Crippen LogP contribution < -0.4 is 15.1 Å². The predicted molar refractivity (Wildman–Crippen MR) is 129 cm³/mol. The summed E-state index contributed by atoms with van der Waals surface area (Å²) < 4.78 is 0. The molecule has 2 aliphatic heterocycles. The highest BCUT2D eigenvalue weighted by Crippen LogP contribution is 2.27. The molecule has 1 aromatic heterocycles. The van der Waals surface area contributed by atoms with Gasteiger partial charge in [0.2, 0.25) is 5.95 Å². The molecule has 3 heterocycles. The predicted octanol–water partition coefficient (Wildman–Crippen LogP) is 1.09. The summed E-state index contributed by atoms with van der Waals surface area (Å²) in [5.74, 6) is 2.15. The van der Waals surface area contributed by atoms with Gasteiger partial charge in [-0.3, -0.25) is 9.89 Å². The minimum atomic E-state index is 0.348. The summed E-state index contributed by atoms with van der Waals surface area (Å²) in [6, 6.07) is 9.41. The van der Waals surface area contributed by atoms with Gasteiger partial charge in [0.25, 0.3) is 0 Å². The number of hydrogen-bond acceptors (Lipinski definition) is 7. The van der Waals surface area contributed by atoms with Crippen molar-refractivity contribution < 1.29 is 5.11 Å². The third kappa shape index (κ3) is 5.59. The molecule has 0 spiro atoms. The monoisotopic (exact) mass is 438 g/mol. The SMILES string of the molecule is CN=C(NCCCN1CCN(c2ncccn2)CC1)N1CCN(c2ccccc2O)CC1. The molecule has 32 heavy (non-hydrogen) atoms. The lowest BCUT2D eigenvalue weighted by atomic mass is 10.2. The number of aromatic hydroxyl groups is 1. The van der Waals surface area contributed by atoms with Crippen LogP contribution in [0.2, 0.25) is 0 Å². The zero-order valence-corrected chi connectivity index (χ0v) is 18.9. The summed E-state index contributed by atoms with van der Waals surface area (Å²) in [5, 5.41) is 13.6. The fourth-order valence-electron chi connectivity index (χ4n) is 4.35. The number of rotatable bonds is 6. The fourth-order valence-corrected chi connectivity index (χ4v) is 4.35. The third-order valence-corrected chi connectivity index (χ3v) is 6.15. The first kappa shape index (κ1) is 22.1. The van der Waals surface area contributed by atoms with Gasteiger partial charge in [0.1, 0.15) is 5.75 Å². The van der Waals surface area contributed by atoms with Crippen LogP contribution >= 0.6 is 0 Å². The van der Waals surface area contributed by atoms with E-state index in [1.165, 1.54) is 0 Å². The van der Waals surface area contributed by atoms with Crippen LogP contribution in [0.3, 0.4) is 0 Å². The third-order valence-electron chi connectivity index (χ3n) is 6.15. The Bertz CT molecular complexity index is 861. The van der Waals surface area contributed by atoms with Crippen LogP contribution in [0, 0.1) is 0 Å². The van der Waals surface area contributed by atoms with Gasteiger partial charge in [-0.25, -0.2) is 9.97 Å². The quantitative estimate of drug-likeness (QED) is 0.394. The van der Waals surface area contributed by atoms with Crippen molar-refractivity contribution in [2.24, 2.45) is 4.99 Å². The molecule has 0 unspecified atom stereocenters. The molecule has 0 saturated carbocycles. The van der Waals surface area contributed by atoms with Crippen LogP contribution in [0.25, 0.3) is 0 Å². The molecule has 2 aromatic rings. The molecule has 4 rings (SSSR count). The van der Waals surface area contributed by atoms with Crippen molar-refractivity contribution in [3.63, 3.8) is 0 Å². The van der Waals surface area contributed by atoms with E-state index in [-0.39, 0.29) is 0 Å². The number of aliphatic imine (C=N–C) groups is 1. The van der Waals surface area contributed by atoms with Gasteiger partial charge in [-0.2, -0.15) is 0 Å². The van der Waals surface area contributed by atoms with Gasteiger partial charge in [-0.05, 0) is 31.2 Å². The Hall–Kier alpha value is -3.07. The molecule has 0 aliphatic carbocycles. The highest BCUT2D eigenvalue weighted by Gasteiger charge is 2.21. The van der Waals surface area contributed by atoms with Gasteiger partial charge >= 0.3 is 0 Å². The van der Waals surface area contributed by atoms with Crippen molar-refractivity contribution in [1.82, 2.24) is 25.1 Å². The van der Waals surface area contributed by atoms with E-state index in [2.05, 4.69) is 39.9 Å². The van der Waals surface area contributed by atoms with Gasteiger partial charge in [-0.1, -0.05) is 12.1 Å². The number of piperazine rings is 2. The van der Waals surface area contributed by atoms with E-state index in [9.17, 15) is 5.11 Å². The molecule has 2 saturated heterocycles. The van der Waals surface area contributed by atoms with Crippen molar-refractivity contribution in [2.75, 3.05) is 82.3 Å². The van der Waals surface area contributed by atoms with Crippen molar-refractivity contribution in [3.05, 3.63) is 42.7 Å². The Morgan fingerprint density at radius 1 is 0.938 bits per heavy atom. The molecule has 0 radical (unpaired) electrons. The molecule has 2 fully saturated rings. The zero-order valence-electron chi connectivity index (χ0n) is 18.9. The van der Waals surface area contributed by atoms with Gasteiger partial charge in [-0.15, -0.1) is 0 Å². The maximum Gasteiger partial charge on any atom is 0.225 e. The summed E-state index contributed by atoms with van der Waals surface area (Å²) in [5.41, 5.74) is 0.911. The molecule has 9 nitrogen and oxygen atoms in total. The normalized spacial score (nSPS) is 18.2. The topological polar surface area (TPSA) is 83.4 Å². The van der Waals surface area contributed by atoms with Crippen molar-refractivity contribution in [3.8, 4) is 5.75 Å². The molecule has 172 valence electrons. The second-order valence-corrected chi connectivity index (χ2v) is 8.17. The molecule has 0 atom stereocenters. The summed E-state index contributed by atoms with van der Waals surface area (Å²) in [7, 11) is 1.85. The zero-order chi connectivity index (χ0) is 22.2. The van der Waals surface area contributed by atoms with Gasteiger partial charge in [0.15, 0.2) is 5.96 Å². The number of guanidine groups is 1. The van der Waals surface area contributed by atoms with E-state index < -0.39 is 0 Å². The lowest BCUT2D eigenvalue weighted by Crippen LogP contribution is -2.53. The van der Waals surface area contributed by atoms with Crippen molar-refractivity contribution in [1.29, 1.82) is 0 Å². The summed E-state index contributed by atoms with van der Waals surface area (Å²) in [6.07, 6.45) is 4.69. The lowest BCUT2D eigenvalue weighted by molar-refractivity contribution is 0.253. The standard InChI is InChI=1S/C23H34N8O/c1-24-22(30-18-16-29(17-19-30)20-6-2-3-7-21(20)32)25-10-5-11-28-12-14-31(15-13-28)23-26-8-4-9-27-23/h2-4,6-9,32H,5,10-19H2,1H3,(H,24,25). The molecule has 9 heteroatoms. The van der Waals surface area contributed by atoms with Crippen LogP contribution in [0.15, 0.2) is 47.7 Å². The highest BCUT2D eigenvalue weighted by atomic mass is 16.3. The van der Waals surface area contributed by atoms with Gasteiger partial charge in [0, 0.05) is 78.3 Å². The van der Waals surface area contributed by atoms with Crippen LogP contribution in [-0.2, 0) is 0 Å². The Balaban J connectivity index is 1.14. The van der Waals surface area contributed by atoms with E-state index in [0.29, 0.717) is 5.75 Å².